The highest BCUT2D eigenvalue weighted by Crippen LogP contribution is 2.32. The van der Waals surface area contributed by atoms with E-state index < -0.39 is 5.54 Å². The lowest BCUT2D eigenvalue weighted by molar-refractivity contribution is 0.202. The van der Waals surface area contributed by atoms with Gasteiger partial charge in [-0.05, 0) is 57.0 Å². The lowest BCUT2D eigenvalue weighted by atomic mass is 10.0. The minimum atomic E-state index is -0.560. The number of aryl methyl sites for hydroxylation is 2. The maximum absolute atomic E-state index is 9.56. The summed E-state index contributed by atoms with van der Waals surface area (Å²) in [4.78, 5) is 13.6. The Bertz CT molecular complexity index is 1430. The van der Waals surface area contributed by atoms with Crippen LogP contribution in [0.25, 0.3) is 27.6 Å². The number of halogens is 1. The number of hydrogen-bond donors (Lipinski definition) is 4. The van der Waals surface area contributed by atoms with Crippen LogP contribution in [0.2, 0.25) is 5.02 Å². The molecule has 4 N–H and O–H groups in total. The van der Waals surface area contributed by atoms with E-state index in [4.69, 9.17) is 31.5 Å². The minimum Gasteiger partial charge on any atom is -0.394 e. The van der Waals surface area contributed by atoms with Crippen LogP contribution >= 0.6 is 11.6 Å². The molecule has 1 aromatic carbocycles. The first-order valence-corrected chi connectivity index (χ1v) is 11.8. The van der Waals surface area contributed by atoms with Crippen LogP contribution in [0.5, 0.6) is 0 Å². The highest BCUT2D eigenvalue weighted by Gasteiger charge is 2.17. The zero-order chi connectivity index (χ0) is 25.9. The lowest BCUT2D eigenvalue weighted by Gasteiger charge is -2.22. The number of anilines is 1. The first-order chi connectivity index (χ1) is 17.2. The third kappa shape index (κ3) is 5.53. The smallest absolute Gasteiger partial charge is 0.165 e. The second kappa shape index (κ2) is 10.4. The van der Waals surface area contributed by atoms with Gasteiger partial charge in [0.15, 0.2) is 5.82 Å². The molecule has 0 unspecified atom stereocenters. The molecule has 186 valence electrons. The van der Waals surface area contributed by atoms with E-state index in [0.717, 1.165) is 33.5 Å². The van der Waals surface area contributed by atoms with E-state index in [-0.39, 0.29) is 6.61 Å². The molecule has 0 aliphatic heterocycles. The van der Waals surface area contributed by atoms with Gasteiger partial charge in [-0.25, -0.2) is 9.97 Å². The minimum absolute atomic E-state index is 0.0711. The van der Waals surface area contributed by atoms with Crippen molar-refractivity contribution >= 4 is 40.1 Å². The summed E-state index contributed by atoms with van der Waals surface area (Å²) >= 11 is 6.11. The van der Waals surface area contributed by atoms with Crippen molar-refractivity contribution in [1.82, 2.24) is 25.4 Å². The number of rotatable bonds is 9. The van der Waals surface area contributed by atoms with Gasteiger partial charge in [0.1, 0.15) is 11.6 Å². The molecule has 36 heavy (non-hydrogen) atoms. The summed E-state index contributed by atoms with van der Waals surface area (Å²) in [6.45, 7) is 7.87. The second-order valence-electron chi connectivity index (χ2n) is 9.12. The van der Waals surface area contributed by atoms with Crippen molar-refractivity contribution in [3.8, 4) is 11.1 Å². The number of allylic oxidation sites excluding steroid dienone is 1. The van der Waals surface area contributed by atoms with Gasteiger partial charge in [0.25, 0.3) is 0 Å². The first kappa shape index (κ1) is 25.3. The molecule has 0 spiro atoms. The van der Waals surface area contributed by atoms with Crippen molar-refractivity contribution in [2.75, 3.05) is 11.9 Å². The van der Waals surface area contributed by atoms with Gasteiger partial charge in [-0.15, -0.1) is 0 Å². The Hall–Kier alpha value is -3.82. The molecule has 0 fully saturated rings. The van der Waals surface area contributed by atoms with Crippen LogP contribution in [0, 0.1) is 19.3 Å². The molecule has 4 rings (SSSR count). The number of fused-ring (bicyclic) bond motifs is 1. The molecule has 0 aliphatic rings. The van der Waals surface area contributed by atoms with Crippen LogP contribution in [-0.2, 0) is 6.54 Å². The van der Waals surface area contributed by atoms with E-state index in [1.54, 1.807) is 18.6 Å². The van der Waals surface area contributed by atoms with Gasteiger partial charge in [0.05, 0.1) is 34.0 Å². The number of pyridine rings is 1. The number of aliphatic hydroxyl groups excluding tert-OH is 1. The molecule has 10 heteroatoms. The normalized spacial score (nSPS) is 12.1. The van der Waals surface area contributed by atoms with Crippen molar-refractivity contribution in [3.63, 3.8) is 0 Å². The van der Waals surface area contributed by atoms with Crippen molar-refractivity contribution < 1.29 is 9.63 Å². The fraction of sp³-hybridized carbons (Fsp3) is 0.269. The third-order valence-electron chi connectivity index (χ3n) is 5.67. The monoisotopic (exact) mass is 505 g/mol. The second-order valence-corrected chi connectivity index (χ2v) is 9.56. The molecule has 9 nitrogen and oxygen atoms in total. The summed E-state index contributed by atoms with van der Waals surface area (Å²) in [6, 6.07) is 7.73. The molecule has 4 aromatic rings. The van der Waals surface area contributed by atoms with Crippen molar-refractivity contribution in [1.29, 1.82) is 5.41 Å². The van der Waals surface area contributed by atoms with Gasteiger partial charge in [-0.2, -0.15) is 0 Å². The summed E-state index contributed by atoms with van der Waals surface area (Å²) in [5.41, 5.74) is 4.19. The SMILES string of the molecule is Cc1noc(C)c1-c1ccc2nc(/C(C=N)=C/NC(C)(C)CO)nc(NCc3cncc(Cl)c3)c2c1. The van der Waals surface area contributed by atoms with Crippen LogP contribution < -0.4 is 10.6 Å². The maximum atomic E-state index is 9.56. The molecule has 3 heterocycles. The van der Waals surface area contributed by atoms with Crippen LogP contribution in [0.4, 0.5) is 5.82 Å². The lowest BCUT2D eigenvalue weighted by Crippen LogP contribution is -2.39. The molecule has 0 saturated heterocycles. The van der Waals surface area contributed by atoms with Crippen molar-refractivity contribution in [2.24, 2.45) is 0 Å². The molecule has 0 radical (unpaired) electrons. The molecular formula is C26H28ClN7O2. The summed E-state index contributed by atoms with van der Waals surface area (Å²) in [5, 5.41) is 29.4. The molecular weight excluding hydrogens is 478 g/mol. The summed E-state index contributed by atoms with van der Waals surface area (Å²) in [5.74, 6) is 1.70. The Balaban J connectivity index is 1.81. The average molecular weight is 506 g/mol. The summed E-state index contributed by atoms with van der Waals surface area (Å²) in [6.07, 6.45) is 6.15. The van der Waals surface area contributed by atoms with Gasteiger partial charge in [0.2, 0.25) is 0 Å². The topological polar surface area (TPSA) is 133 Å². The molecule has 3 aromatic heterocycles. The number of aliphatic hydroxyl groups is 1. The maximum Gasteiger partial charge on any atom is 0.165 e. The quantitative estimate of drug-likeness (QED) is 0.236. The largest absolute Gasteiger partial charge is 0.394 e. The number of nitrogens with one attached hydrogen (secondary N) is 3. The van der Waals surface area contributed by atoms with E-state index in [2.05, 4.69) is 20.8 Å². The van der Waals surface area contributed by atoms with Gasteiger partial charge < -0.3 is 25.7 Å². The third-order valence-corrected chi connectivity index (χ3v) is 5.87. The number of nitrogens with zero attached hydrogens (tertiary/aromatic N) is 4. The predicted octanol–water partition coefficient (Wildman–Crippen LogP) is 4.91. The van der Waals surface area contributed by atoms with E-state index in [1.807, 2.05) is 52.0 Å². The Morgan fingerprint density at radius 2 is 2.00 bits per heavy atom. The van der Waals surface area contributed by atoms with Crippen LogP contribution in [0.15, 0.2) is 47.4 Å². The van der Waals surface area contributed by atoms with Gasteiger partial charge in [-0.1, -0.05) is 22.8 Å². The standard InChI is InChI=1S/C26H28ClN7O2/c1-15-23(16(2)36-34-15)18-5-6-22-21(8-18)25(30-11-17-7-20(27)13-29-10-17)33-24(32-22)19(9-28)12-31-26(3,4)14-35/h5-10,12-13,28,31,35H,11,14H2,1-4H3,(H,30,32,33)/b19-12+,28-9?. The van der Waals surface area contributed by atoms with Crippen LogP contribution in [-0.4, -0.2) is 43.6 Å². The number of benzene rings is 1. The first-order valence-electron chi connectivity index (χ1n) is 11.4. The highest BCUT2D eigenvalue weighted by molar-refractivity contribution is 6.30. The fourth-order valence-corrected chi connectivity index (χ4v) is 3.87. The Morgan fingerprint density at radius 3 is 2.67 bits per heavy atom. The Kier molecular flexibility index (Phi) is 7.32. The van der Waals surface area contributed by atoms with Gasteiger partial charge in [0, 0.05) is 42.3 Å². The summed E-state index contributed by atoms with van der Waals surface area (Å²) < 4.78 is 5.36. The van der Waals surface area contributed by atoms with E-state index in [1.165, 1.54) is 6.21 Å². The molecule has 0 amide bonds. The summed E-state index contributed by atoms with van der Waals surface area (Å²) in [7, 11) is 0. The zero-order valence-corrected chi connectivity index (χ0v) is 21.3. The van der Waals surface area contributed by atoms with Crippen LogP contribution in [0.3, 0.4) is 0 Å². The predicted molar refractivity (Wildman–Crippen MR) is 142 cm³/mol. The average Bonchev–Trinajstić information content (AvgIpc) is 3.20. The fourth-order valence-electron chi connectivity index (χ4n) is 3.67. The van der Waals surface area contributed by atoms with E-state index in [9.17, 15) is 5.11 Å². The Morgan fingerprint density at radius 1 is 1.19 bits per heavy atom. The highest BCUT2D eigenvalue weighted by atomic mass is 35.5. The molecule has 0 atom stereocenters. The van der Waals surface area contributed by atoms with Gasteiger partial charge >= 0.3 is 0 Å². The molecule has 0 bridgehead atoms. The van der Waals surface area contributed by atoms with E-state index >= 15 is 0 Å². The zero-order valence-electron chi connectivity index (χ0n) is 20.6. The van der Waals surface area contributed by atoms with E-state index in [0.29, 0.717) is 34.3 Å². The van der Waals surface area contributed by atoms with Crippen LogP contribution in [0.1, 0.15) is 36.7 Å². The number of hydrogen-bond acceptors (Lipinski definition) is 9. The molecule has 0 saturated carbocycles. The number of aromatic nitrogens is 4. The van der Waals surface area contributed by atoms with Crippen molar-refractivity contribution in [3.05, 3.63) is 70.7 Å². The van der Waals surface area contributed by atoms with Gasteiger partial charge in [-0.3, -0.25) is 4.98 Å². The van der Waals surface area contributed by atoms with Crippen molar-refractivity contribution in [2.45, 2.75) is 39.8 Å². The molecule has 0 aliphatic carbocycles. The Labute approximate surface area is 214 Å².